The Bertz CT molecular complexity index is 1410. The number of anilines is 1. The molecule has 0 bridgehead atoms. The summed E-state index contributed by atoms with van der Waals surface area (Å²) >= 11 is 18.0. The van der Waals surface area contributed by atoms with Gasteiger partial charge in [-0.3, -0.25) is 14.3 Å². The number of amides is 1. The molecule has 1 aromatic heterocycles. The molecule has 0 aliphatic carbocycles. The van der Waals surface area contributed by atoms with Crippen molar-refractivity contribution in [3.8, 4) is 23.8 Å². The van der Waals surface area contributed by atoms with E-state index < -0.39 is 0 Å². The Morgan fingerprint density at radius 2 is 1.85 bits per heavy atom. The number of nitrogens with zero attached hydrogens (tertiary/aromatic N) is 4. The zero-order chi connectivity index (χ0) is 29.2. The summed E-state index contributed by atoms with van der Waals surface area (Å²) in [5, 5.41) is 5.04. The Morgan fingerprint density at radius 3 is 2.42 bits per heavy atom. The van der Waals surface area contributed by atoms with Crippen LogP contribution in [0.25, 0.3) is 5.69 Å². The summed E-state index contributed by atoms with van der Waals surface area (Å²) < 4.78 is 13.5. The molecular formula is C29H33Cl3N4O4. The number of carbonyl (C=O) groups excluding carboxylic acids is 1. The molecule has 1 amide bonds. The molecule has 2 aromatic carbocycles. The second kappa shape index (κ2) is 15.2. The molecule has 0 spiro atoms. The van der Waals surface area contributed by atoms with E-state index in [0.29, 0.717) is 28.0 Å². The molecule has 8 nitrogen and oxygen atoms in total. The molecule has 1 aliphatic heterocycles. The Labute approximate surface area is 249 Å². The fourth-order valence-corrected chi connectivity index (χ4v) is 5.15. The predicted molar refractivity (Wildman–Crippen MR) is 160 cm³/mol. The second-order valence-electron chi connectivity index (χ2n) is 8.95. The van der Waals surface area contributed by atoms with Gasteiger partial charge in [0.05, 0.1) is 21.4 Å². The number of benzene rings is 2. The lowest BCUT2D eigenvalue weighted by atomic mass is 10.0. The van der Waals surface area contributed by atoms with E-state index in [4.69, 9.17) is 50.7 Å². The van der Waals surface area contributed by atoms with Crippen molar-refractivity contribution in [3.63, 3.8) is 0 Å². The van der Waals surface area contributed by atoms with Crippen molar-refractivity contribution in [1.29, 1.82) is 0 Å². The number of hydrogen-bond acceptors (Lipinski definition) is 5. The van der Waals surface area contributed by atoms with Crippen LogP contribution in [-0.4, -0.2) is 46.6 Å². The molecule has 0 atom stereocenters. The third-order valence-electron chi connectivity index (χ3n) is 6.42. The summed E-state index contributed by atoms with van der Waals surface area (Å²) in [4.78, 5) is 26.1. The van der Waals surface area contributed by atoms with Crippen LogP contribution in [0.5, 0.6) is 5.75 Å². The van der Waals surface area contributed by atoms with E-state index in [1.54, 1.807) is 22.6 Å². The number of aromatic nitrogens is 3. The first-order chi connectivity index (χ1) is 19.3. The number of fused-ring (bicyclic) bond motifs is 1. The van der Waals surface area contributed by atoms with Crippen molar-refractivity contribution in [2.45, 2.75) is 52.5 Å². The smallest absolute Gasteiger partial charge is 0.350 e. The SMILES string of the molecule is C#CCOc1cc(-n2nc3n(c2=O)CCCC3)c(Cl)cc1Cl.CCc1cccc(CC)c1N(COC)C(=O)CCl. The maximum absolute atomic E-state index is 12.5. The van der Waals surface area contributed by atoms with Crippen LogP contribution in [0.3, 0.4) is 0 Å². The normalized spacial score (nSPS) is 12.1. The minimum atomic E-state index is -0.207. The van der Waals surface area contributed by atoms with E-state index >= 15 is 0 Å². The maximum Gasteiger partial charge on any atom is 0.350 e. The molecular weight excluding hydrogens is 575 g/mol. The van der Waals surface area contributed by atoms with Gasteiger partial charge in [0.25, 0.3) is 0 Å². The van der Waals surface area contributed by atoms with Gasteiger partial charge in [-0.25, -0.2) is 4.79 Å². The number of para-hydroxylation sites is 1. The topological polar surface area (TPSA) is 78.6 Å². The number of carbonyl (C=O) groups is 1. The summed E-state index contributed by atoms with van der Waals surface area (Å²) in [6, 6.07) is 9.21. The largest absolute Gasteiger partial charge is 0.479 e. The minimum Gasteiger partial charge on any atom is -0.479 e. The van der Waals surface area contributed by atoms with E-state index in [1.165, 1.54) is 10.7 Å². The zero-order valence-corrected chi connectivity index (χ0v) is 25.2. The molecule has 1 aliphatic rings. The lowest BCUT2D eigenvalue weighted by Gasteiger charge is -2.26. The van der Waals surface area contributed by atoms with Crippen LogP contribution in [0.4, 0.5) is 5.69 Å². The van der Waals surface area contributed by atoms with E-state index in [2.05, 4.69) is 24.9 Å². The van der Waals surface area contributed by atoms with Gasteiger partial charge >= 0.3 is 5.69 Å². The van der Waals surface area contributed by atoms with Crippen LogP contribution in [0.15, 0.2) is 35.1 Å². The van der Waals surface area contributed by atoms with Crippen LogP contribution in [-0.2, 0) is 35.3 Å². The monoisotopic (exact) mass is 606 g/mol. The Kier molecular flexibility index (Phi) is 12.0. The summed E-state index contributed by atoms with van der Waals surface area (Å²) in [7, 11) is 1.58. The summed E-state index contributed by atoms with van der Waals surface area (Å²) in [6.45, 7) is 5.15. The molecule has 214 valence electrons. The van der Waals surface area contributed by atoms with E-state index in [1.807, 2.05) is 18.2 Å². The third-order valence-corrected chi connectivity index (χ3v) is 7.25. The molecule has 3 aromatic rings. The van der Waals surface area contributed by atoms with E-state index in [-0.39, 0.29) is 30.8 Å². The van der Waals surface area contributed by atoms with Gasteiger partial charge in [-0.1, -0.05) is 61.2 Å². The predicted octanol–water partition coefficient (Wildman–Crippen LogP) is 5.68. The van der Waals surface area contributed by atoms with Crippen molar-refractivity contribution in [1.82, 2.24) is 14.3 Å². The van der Waals surface area contributed by atoms with Gasteiger partial charge in [-0.2, -0.15) is 4.68 Å². The molecule has 11 heteroatoms. The molecule has 0 saturated heterocycles. The first-order valence-corrected chi connectivity index (χ1v) is 14.3. The highest BCUT2D eigenvalue weighted by Gasteiger charge is 2.21. The quantitative estimate of drug-likeness (QED) is 0.178. The number of aryl methyl sites for hydroxylation is 3. The number of methoxy groups -OCH3 is 1. The van der Waals surface area contributed by atoms with Crippen LogP contribution >= 0.6 is 34.8 Å². The van der Waals surface area contributed by atoms with E-state index in [9.17, 15) is 9.59 Å². The van der Waals surface area contributed by atoms with Crippen LogP contribution < -0.4 is 15.3 Å². The number of rotatable bonds is 9. The van der Waals surface area contributed by atoms with Gasteiger partial charge < -0.3 is 9.47 Å². The Balaban J connectivity index is 0.000000226. The number of alkyl halides is 1. The van der Waals surface area contributed by atoms with E-state index in [0.717, 1.165) is 54.7 Å². The molecule has 2 heterocycles. The first kappa shape index (κ1) is 31.6. The van der Waals surface area contributed by atoms with Gasteiger partial charge in [0.1, 0.15) is 30.8 Å². The Hall–Kier alpha value is -2.96. The van der Waals surface area contributed by atoms with Crippen LogP contribution in [0, 0.1) is 12.3 Å². The minimum absolute atomic E-state index is 0.0371. The molecule has 0 fully saturated rings. The van der Waals surface area contributed by atoms with Crippen LogP contribution in [0.2, 0.25) is 10.0 Å². The van der Waals surface area contributed by atoms with Crippen molar-refractivity contribution >= 4 is 46.4 Å². The summed E-state index contributed by atoms with van der Waals surface area (Å²) in [6.07, 6.45) is 9.72. The second-order valence-corrected chi connectivity index (χ2v) is 10.0. The van der Waals surface area contributed by atoms with Crippen molar-refractivity contribution in [3.05, 3.63) is 67.8 Å². The van der Waals surface area contributed by atoms with Crippen molar-refractivity contribution in [2.75, 3.05) is 31.2 Å². The number of hydrogen-bond donors (Lipinski definition) is 0. The molecule has 0 N–H and O–H groups in total. The van der Waals surface area contributed by atoms with Crippen molar-refractivity contribution < 1.29 is 14.3 Å². The van der Waals surface area contributed by atoms with Gasteiger partial charge in [0.15, 0.2) is 0 Å². The fraction of sp³-hybridized carbons (Fsp3) is 0.414. The highest BCUT2D eigenvalue weighted by atomic mass is 35.5. The first-order valence-electron chi connectivity index (χ1n) is 13.0. The number of ether oxygens (including phenoxy) is 2. The highest BCUT2D eigenvalue weighted by Crippen LogP contribution is 2.33. The molecule has 0 saturated carbocycles. The molecule has 40 heavy (non-hydrogen) atoms. The van der Waals surface area contributed by atoms with Crippen LogP contribution in [0.1, 0.15) is 43.6 Å². The average molecular weight is 608 g/mol. The van der Waals surface area contributed by atoms with Gasteiger partial charge in [-0.05, 0) is 42.9 Å². The molecule has 4 rings (SSSR count). The zero-order valence-electron chi connectivity index (χ0n) is 22.9. The van der Waals surface area contributed by atoms with Gasteiger partial charge in [0.2, 0.25) is 5.91 Å². The maximum atomic E-state index is 12.5. The highest BCUT2D eigenvalue weighted by molar-refractivity contribution is 6.36. The van der Waals surface area contributed by atoms with Crippen molar-refractivity contribution in [2.24, 2.45) is 0 Å². The Morgan fingerprint density at radius 1 is 1.15 bits per heavy atom. The fourth-order valence-electron chi connectivity index (χ4n) is 4.49. The molecule has 0 radical (unpaired) electrons. The lowest BCUT2D eigenvalue weighted by Crippen LogP contribution is -2.35. The summed E-state index contributed by atoms with van der Waals surface area (Å²) in [5.74, 6) is 3.34. The standard InChI is InChI=1S/C15H13Cl2N3O2.C14H20ClNO2/c1-2-7-22-13-9-12(10(16)8-11(13)17)20-15(21)19-6-4-3-5-14(19)18-20;1-4-11-7-6-8-12(5-2)14(11)16(10-18-3)13(17)9-15/h1,8-9H,3-7H2;6-8H,4-5,9-10H2,1-3H3. The lowest BCUT2D eigenvalue weighted by molar-refractivity contribution is -0.117. The summed E-state index contributed by atoms with van der Waals surface area (Å²) in [5.41, 5.74) is 3.47. The van der Waals surface area contributed by atoms with Gasteiger partial charge in [-0.15, -0.1) is 23.1 Å². The van der Waals surface area contributed by atoms with Gasteiger partial charge in [0, 0.05) is 26.1 Å². The number of halogens is 3. The molecule has 0 unspecified atom stereocenters. The third kappa shape index (κ3) is 7.21. The average Bonchev–Trinajstić information content (AvgIpc) is 3.31. The number of terminal acetylenes is 1.